The molecule has 2 saturated heterocycles. The van der Waals surface area contributed by atoms with Crippen LogP contribution in [0.5, 0.6) is 0 Å². The molecule has 0 spiro atoms. The van der Waals surface area contributed by atoms with Gasteiger partial charge in [-0.25, -0.2) is 0 Å². The van der Waals surface area contributed by atoms with Crippen molar-refractivity contribution in [3.63, 3.8) is 0 Å². The van der Waals surface area contributed by atoms with E-state index in [1.54, 1.807) is 0 Å². The smallest absolute Gasteiger partial charge is 0.251 e. The number of nitrogens with one attached hydrogen (secondary N) is 2. The number of anilines is 1. The largest absolute Gasteiger partial charge is 0.385 e. The number of carbonyl (C=O) groups excluding carboxylic acids is 1. The van der Waals surface area contributed by atoms with Crippen molar-refractivity contribution >= 4 is 11.6 Å². The maximum Gasteiger partial charge on any atom is 0.251 e. The summed E-state index contributed by atoms with van der Waals surface area (Å²) in [4.78, 5) is 12.4. The van der Waals surface area contributed by atoms with Crippen LogP contribution in [0.3, 0.4) is 0 Å². The molecule has 1 amide bonds. The van der Waals surface area contributed by atoms with Gasteiger partial charge in [-0.1, -0.05) is 0 Å². The van der Waals surface area contributed by atoms with Gasteiger partial charge in [-0.3, -0.25) is 4.79 Å². The van der Waals surface area contributed by atoms with Gasteiger partial charge < -0.3 is 15.4 Å². The molecule has 106 valence electrons. The summed E-state index contributed by atoms with van der Waals surface area (Å²) in [5.41, 5.74) is 3.21. The number of ether oxygens (including phenoxy) is 1. The molecule has 3 atom stereocenters. The quantitative estimate of drug-likeness (QED) is 0.867. The standard InChI is InChI=1S/C16H20N2O2/c19-16(18-14-9-12-4-6-15(14)20-12)11-3-5-13-10(8-11)2-1-7-17-13/h3,5,8,12,14-15,17H,1-2,4,6-7,9H2,(H,18,19). The zero-order valence-corrected chi connectivity index (χ0v) is 11.5. The zero-order chi connectivity index (χ0) is 13.5. The highest BCUT2D eigenvalue weighted by Crippen LogP contribution is 2.34. The van der Waals surface area contributed by atoms with Crippen LogP contribution in [0.2, 0.25) is 0 Å². The van der Waals surface area contributed by atoms with Crippen LogP contribution in [0.15, 0.2) is 18.2 Å². The van der Waals surface area contributed by atoms with Crippen molar-refractivity contribution in [3.05, 3.63) is 29.3 Å². The molecule has 2 bridgehead atoms. The number of benzene rings is 1. The predicted molar refractivity (Wildman–Crippen MR) is 77.0 cm³/mol. The maximum absolute atomic E-state index is 12.4. The van der Waals surface area contributed by atoms with Crippen LogP contribution >= 0.6 is 0 Å². The molecule has 3 heterocycles. The Morgan fingerprint density at radius 2 is 2.30 bits per heavy atom. The van der Waals surface area contributed by atoms with E-state index in [2.05, 4.69) is 10.6 Å². The van der Waals surface area contributed by atoms with Gasteiger partial charge in [0.2, 0.25) is 0 Å². The molecule has 0 aromatic heterocycles. The molecule has 4 heteroatoms. The van der Waals surface area contributed by atoms with Crippen LogP contribution < -0.4 is 10.6 Å². The van der Waals surface area contributed by atoms with Crippen molar-refractivity contribution in [1.29, 1.82) is 0 Å². The van der Waals surface area contributed by atoms with Crippen molar-refractivity contribution in [2.24, 2.45) is 0 Å². The molecule has 0 aliphatic carbocycles. The van der Waals surface area contributed by atoms with Gasteiger partial charge in [-0.05, 0) is 55.9 Å². The van der Waals surface area contributed by atoms with Gasteiger partial charge in [-0.2, -0.15) is 0 Å². The summed E-state index contributed by atoms with van der Waals surface area (Å²) in [6.45, 7) is 1.03. The molecule has 4 nitrogen and oxygen atoms in total. The minimum Gasteiger partial charge on any atom is -0.385 e. The lowest BCUT2D eigenvalue weighted by Crippen LogP contribution is -2.41. The summed E-state index contributed by atoms with van der Waals surface area (Å²) in [7, 11) is 0. The lowest BCUT2D eigenvalue weighted by molar-refractivity contribution is 0.0841. The molecule has 20 heavy (non-hydrogen) atoms. The van der Waals surface area contributed by atoms with Crippen LogP contribution in [0.1, 0.15) is 41.6 Å². The SMILES string of the molecule is O=C(NC1CC2CCC1O2)c1ccc2c(c1)CCCN2. The first kappa shape index (κ1) is 12.2. The fourth-order valence-corrected chi connectivity index (χ4v) is 3.66. The highest BCUT2D eigenvalue weighted by molar-refractivity contribution is 5.95. The van der Waals surface area contributed by atoms with Crippen molar-refractivity contribution in [1.82, 2.24) is 5.32 Å². The Hall–Kier alpha value is -1.55. The second-order valence-electron chi connectivity index (χ2n) is 6.09. The van der Waals surface area contributed by atoms with E-state index in [0.717, 1.165) is 44.2 Å². The molecule has 2 fully saturated rings. The summed E-state index contributed by atoms with van der Waals surface area (Å²) >= 11 is 0. The van der Waals surface area contributed by atoms with Crippen LogP contribution in [0, 0.1) is 0 Å². The van der Waals surface area contributed by atoms with Crippen molar-refractivity contribution in [2.75, 3.05) is 11.9 Å². The maximum atomic E-state index is 12.4. The average molecular weight is 272 g/mol. The fraction of sp³-hybridized carbons (Fsp3) is 0.562. The van der Waals surface area contributed by atoms with Crippen LogP contribution in [0.25, 0.3) is 0 Å². The fourth-order valence-electron chi connectivity index (χ4n) is 3.66. The summed E-state index contributed by atoms with van der Waals surface area (Å²) in [5, 5.41) is 6.52. The first-order valence-corrected chi connectivity index (χ1v) is 7.63. The molecule has 0 radical (unpaired) electrons. The zero-order valence-electron chi connectivity index (χ0n) is 11.5. The van der Waals surface area contributed by atoms with Gasteiger partial charge in [0.1, 0.15) is 0 Å². The van der Waals surface area contributed by atoms with E-state index in [4.69, 9.17) is 4.74 Å². The molecular formula is C16H20N2O2. The van der Waals surface area contributed by atoms with Crippen LogP contribution in [-0.4, -0.2) is 30.7 Å². The van der Waals surface area contributed by atoms with Gasteiger partial charge >= 0.3 is 0 Å². The number of hydrogen-bond donors (Lipinski definition) is 2. The van der Waals surface area contributed by atoms with E-state index in [1.807, 2.05) is 18.2 Å². The lowest BCUT2D eigenvalue weighted by atomic mass is 9.95. The van der Waals surface area contributed by atoms with E-state index < -0.39 is 0 Å². The molecule has 2 N–H and O–H groups in total. The van der Waals surface area contributed by atoms with Gasteiger partial charge in [0.05, 0.1) is 18.2 Å². The minimum absolute atomic E-state index is 0.0412. The molecule has 1 aromatic rings. The Bertz CT molecular complexity index is 543. The van der Waals surface area contributed by atoms with Crippen LogP contribution in [0.4, 0.5) is 5.69 Å². The third-order valence-corrected chi connectivity index (χ3v) is 4.73. The van der Waals surface area contributed by atoms with Crippen molar-refractivity contribution in [2.45, 2.75) is 50.4 Å². The molecular weight excluding hydrogens is 252 g/mol. The van der Waals surface area contributed by atoms with E-state index in [9.17, 15) is 4.79 Å². The minimum atomic E-state index is 0.0412. The number of rotatable bonds is 2. The Morgan fingerprint density at radius 3 is 3.10 bits per heavy atom. The van der Waals surface area contributed by atoms with Gasteiger partial charge in [0.25, 0.3) is 5.91 Å². The van der Waals surface area contributed by atoms with Gasteiger partial charge in [0.15, 0.2) is 0 Å². The molecule has 3 aliphatic rings. The Labute approximate surface area is 118 Å². The lowest BCUT2D eigenvalue weighted by Gasteiger charge is -2.21. The number of aryl methyl sites for hydroxylation is 1. The van der Waals surface area contributed by atoms with E-state index >= 15 is 0 Å². The van der Waals surface area contributed by atoms with Crippen LogP contribution in [-0.2, 0) is 11.2 Å². The molecule has 4 rings (SSSR count). The first-order valence-electron chi connectivity index (χ1n) is 7.63. The summed E-state index contributed by atoms with van der Waals surface area (Å²) in [6.07, 6.45) is 6.02. The van der Waals surface area contributed by atoms with Crippen molar-refractivity contribution in [3.8, 4) is 0 Å². The summed E-state index contributed by atoms with van der Waals surface area (Å²) in [5.74, 6) is 0.0412. The average Bonchev–Trinajstić information content (AvgIpc) is 3.09. The van der Waals surface area contributed by atoms with Crippen molar-refractivity contribution < 1.29 is 9.53 Å². The second-order valence-corrected chi connectivity index (χ2v) is 6.09. The molecule has 0 saturated carbocycles. The van der Waals surface area contributed by atoms with E-state index in [1.165, 1.54) is 11.3 Å². The molecule has 3 aliphatic heterocycles. The Kier molecular flexibility index (Phi) is 2.91. The van der Waals surface area contributed by atoms with Gasteiger partial charge in [0, 0.05) is 17.8 Å². The Balaban J connectivity index is 1.48. The number of carbonyl (C=O) groups is 1. The first-order chi connectivity index (χ1) is 9.79. The second kappa shape index (κ2) is 4.77. The number of fused-ring (bicyclic) bond motifs is 3. The van der Waals surface area contributed by atoms with Gasteiger partial charge in [-0.15, -0.1) is 0 Å². The van der Waals surface area contributed by atoms with E-state index in [0.29, 0.717) is 6.10 Å². The Morgan fingerprint density at radius 1 is 1.35 bits per heavy atom. The summed E-state index contributed by atoms with van der Waals surface area (Å²) in [6, 6.07) is 6.18. The normalized spacial score (nSPS) is 30.7. The monoisotopic (exact) mass is 272 g/mol. The topological polar surface area (TPSA) is 50.4 Å². The molecule has 1 aromatic carbocycles. The highest BCUT2D eigenvalue weighted by Gasteiger charge is 2.41. The number of amides is 1. The van der Waals surface area contributed by atoms with E-state index in [-0.39, 0.29) is 18.1 Å². The number of hydrogen-bond acceptors (Lipinski definition) is 3. The highest BCUT2D eigenvalue weighted by atomic mass is 16.5. The summed E-state index contributed by atoms with van der Waals surface area (Å²) < 4.78 is 5.79. The third-order valence-electron chi connectivity index (χ3n) is 4.73. The predicted octanol–water partition coefficient (Wildman–Crippen LogP) is 2.09. The molecule has 3 unspecified atom stereocenters. The third kappa shape index (κ3) is 2.08.